The summed E-state index contributed by atoms with van der Waals surface area (Å²) < 4.78 is 5.13. The molecule has 0 N–H and O–H groups in total. The average Bonchev–Trinajstić information content (AvgIpc) is 2.47. The van der Waals surface area contributed by atoms with Crippen LogP contribution in [-0.4, -0.2) is 38.1 Å². The lowest BCUT2D eigenvalue weighted by Gasteiger charge is -2.42. The molecule has 2 unspecified atom stereocenters. The summed E-state index contributed by atoms with van der Waals surface area (Å²) in [6.45, 7) is 0. The lowest BCUT2D eigenvalue weighted by molar-refractivity contribution is -0.150. The van der Waals surface area contributed by atoms with Crippen molar-refractivity contribution in [1.82, 2.24) is 4.90 Å². The number of benzene rings is 1. The second-order valence-electron chi connectivity index (χ2n) is 5.20. The fourth-order valence-electron chi connectivity index (χ4n) is 3.03. The van der Waals surface area contributed by atoms with Gasteiger partial charge < -0.3 is 9.64 Å². The minimum absolute atomic E-state index is 0.0242. The molecular weight excluding hydrogens is 238 g/mol. The first-order chi connectivity index (χ1) is 9.13. The molecule has 0 saturated heterocycles. The Hall–Kier alpha value is -1.61. The molecule has 0 bridgehead atoms. The van der Waals surface area contributed by atoms with E-state index in [1.165, 1.54) is 7.11 Å². The van der Waals surface area contributed by atoms with Gasteiger partial charge in [0.2, 0.25) is 0 Å². The van der Waals surface area contributed by atoms with Crippen LogP contribution in [0.3, 0.4) is 0 Å². The molecule has 0 aliphatic heterocycles. The fraction of sp³-hybridized carbons (Fsp3) is 0.438. The summed E-state index contributed by atoms with van der Waals surface area (Å²) in [7, 11) is 5.47. The van der Waals surface area contributed by atoms with Gasteiger partial charge in [-0.1, -0.05) is 42.5 Å². The Balaban J connectivity index is 2.57. The molecule has 0 amide bonds. The van der Waals surface area contributed by atoms with Crippen LogP contribution in [-0.2, 0) is 14.9 Å². The van der Waals surface area contributed by atoms with Gasteiger partial charge in [0.05, 0.1) is 7.11 Å². The van der Waals surface area contributed by atoms with Crippen LogP contribution in [0.15, 0.2) is 42.5 Å². The van der Waals surface area contributed by atoms with Crippen molar-refractivity contribution in [2.75, 3.05) is 21.2 Å². The van der Waals surface area contributed by atoms with Gasteiger partial charge in [-0.15, -0.1) is 0 Å². The summed E-state index contributed by atoms with van der Waals surface area (Å²) in [6.07, 6.45) is 5.94. The lowest BCUT2D eigenvalue weighted by Crippen LogP contribution is -2.53. The molecule has 0 saturated carbocycles. The van der Waals surface area contributed by atoms with E-state index in [0.29, 0.717) is 0 Å². The first-order valence-electron chi connectivity index (χ1n) is 6.60. The summed E-state index contributed by atoms with van der Waals surface area (Å²) in [5, 5.41) is 0. The highest BCUT2D eigenvalue weighted by Gasteiger charge is 2.48. The van der Waals surface area contributed by atoms with Crippen LogP contribution in [0.25, 0.3) is 0 Å². The number of carbonyl (C=O) groups excluding carboxylic acids is 1. The number of allylic oxidation sites excluding steroid dienone is 1. The van der Waals surface area contributed by atoms with E-state index in [1.54, 1.807) is 0 Å². The van der Waals surface area contributed by atoms with Crippen LogP contribution in [0.1, 0.15) is 18.4 Å². The van der Waals surface area contributed by atoms with Crippen LogP contribution in [0.5, 0.6) is 0 Å². The standard InChI is InChI=1S/C16H21NO2/c1-17(2)14-11-7-8-12-16(14,15(18)19-3)13-9-5-4-6-10-13/h4-7,9-11,14H,8,12H2,1-3H3. The van der Waals surface area contributed by atoms with Gasteiger partial charge in [0.25, 0.3) is 0 Å². The minimum Gasteiger partial charge on any atom is -0.468 e. The number of hydrogen-bond acceptors (Lipinski definition) is 3. The van der Waals surface area contributed by atoms with Crippen molar-refractivity contribution >= 4 is 5.97 Å². The molecule has 3 nitrogen and oxygen atoms in total. The molecule has 1 aliphatic rings. The largest absolute Gasteiger partial charge is 0.468 e. The summed E-state index contributed by atoms with van der Waals surface area (Å²) in [5.74, 6) is -0.151. The normalized spacial score (nSPS) is 26.4. The van der Waals surface area contributed by atoms with Gasteiger partial charge in [0.1, 0.15) is 5.41 Å². The number of ether oxygens (including phenoxy) is 1. The van der Waals surface area contributed by atoms with Crippen LogP contribution in [0, 0.1) is 0 Å². The van der Waals surface area contributed by atoms with Crippen molar-refractivity contribution in [2.24, 2.45) is 0 Å². The van der Waals surface area contributed by atoms with Gasteiger partial charge in [0, 0.05) is 6.04 Å². The first-order valence-corrected chi connectivity index (χ1v) is 6.60. The third-order valence-electron chi connectivity index (χ3n) is 3.92. The van der Waals surface area contributed by atoms with Crippen molar-refractivity contribution in [1.29, 1.82) is 0 Å². The zero-order valence-electron chi connectivity index (χ0n) is 11.8. The Labute approximate surface area is 114 Å². The Bertz CT molecular complexity index is 467. The van der Waals surface area contributed by atoms with Crippen molar-refractivity contribution in [3.05, 3.63) is 48.0 Å². The van der Waals surface area contributed by atoms with E-state index < -0.39 is 5.41 Å². The van der Waals surface area contributed by atoms with Gasteiger partial charge in [0.15, 0.2) is 0 Å². The van der Waals surface area contributed by atoms with E-state index in [2.05, 4.69) is 17.1 Å². The molecular formula is C16H21NO2. The van der Waals surface area contributed by atoms with Gasteiger partial charge in [-0.05, 0) is 32.5 Å². The SMILES string of the molecule is COC(=O)C1(c2ccccc2)CCC=CC1N(C)C. The Morgan fingerprint density at radius 3 is 2.58 bits per heavy atom. The predicted molar refractivity (Wildman–Crippen MR) is 76.0 cm³/mol. The first kappa shape index (κ1) is 13.8. The maximum absolute atomic E-state index is 12.5. The number of hydrogen-bond donors (Lipinski definition) is 0. The molecule has 0 radical (unpaired) electrons. The minimum atomic E-state index is -0.603. The molecule has 3 heteroatoms. The number of esters is 1. The van der Waals surface area contributed by atoms with E-state index in [1.807, 2.05) is 44.4 Å². The Morgan fingerprint density at radius 2 is 2.00 bits per heavy atom. The number of carbonyl (C=O) groups is 1. The smallest absolute Gasteiger partial charge is 0.318 e. The Kier molecular flexibility index (Phi) is 4.05. The molecule has 19 heavy (non-hydrogen) atoms. The summed E-state index contributed by atoms with van der Waals surface area (Å²) >= 11 is 0. The summed E-state index contributed by atoms with van der Waals surface area (Å²) in [6, 6.07) is 9.99. The predicted octanol–water partition coefficient (Wildman–Crippen LogP) is 2.38. The second-order valence-corrected chi connectivity index (χ2v) is 5.20. The molecule has 1 aromatic rings. The Morgan fingerprint density at radius 1 is 1.32 bits per heavy atom. The summed E-state index contributed by atoms with van der Waals surface area (Å²) in [4.78, 5) is 14.6. The van der Waals surface area contributed by atoms with Crippen LogP contribution in [0.4, 0.5) is 0 Å². The van der Waals surface area contributed by atoms with Crippen molar-refractivity contribution in [2.45, 2.75) is 24.3 Å². The monoisotopic (exact) mass is 259 g/mol. The lowest BCUT2D eigenvalue weighted by atomic mass is 9.68. The van der Waals surface area contributed by atoms with Gasteiger partial charge in [-0.3, -0.25) is 4.79 Å². The number of rotatable bonds is 3. The molecule has 0 heterocycles. The maximum Gasteiger partial charge on any atom is 0.318 e. The maximum atomic E-state index is 12.5. The number of likely N-dealkylation sites (N-methyl/N-ethyl adjacent to an activating group) is 1. The van der Waals surface area contributed by atoms with Crippen molar-refractivity contribution in [3.63, 3.8) is 0 Å². The van der Waals surface area contributed by atoms with Crippen LogP contribution >= 0.6 is 0 Å². The highest BCUT2D eigenvalue weighted by molar-refractivity contribution is 5.85. The van der Waals surface area contributed by atoms with Gasteiger partial charge >= 0.3 is 5.97 Å². The van der Waals surface area contributed by atoms with E-state index in [9.17, 15) is 4.79 Å². The topological polar surface area (TPSA) is 29.5 Å². The zero-order chi connectivity index (χ0) is 13.9. The highest BCUT2D eigenvalue weighted by Crippen LogP contribution is 2.39. The summed E-state index contributed by atoms with van der Waals surface area (Å²) in [5.41, 5.74) is 0.429. The zero-order valence-corrected chi connectivity index (χ0v) is 11.8. The third-order valence-corrected chi connectivity index (χ3v) is 3.92. The molecule has 1 aromatic carbocycles. The van der Waals surface area contributed by atoms with Gasteiger partial charge in [-0.2, -0.15) is 0 Å². The van der Waals surface area contributed by atoms with Gasteiger partial charge in [-0.25, -0.2) is 0 Å². The molecule has 2 atom stereocenters. The fourth-order valence-corrected chi connectivity index (χ4v) is 3.03. The average molecular weight is 259 g/mol. The van der Waals surface area contributed by atoms with Crippen molar-refractivity contribution < 1.29 is 9.53 Å². The number of nitrogens with zero attached hydrogens (tertiary/aromatic N) is 1. The molecule has 0 fully saturated rings. The van der Waals surface area contributed by atoms with Crippen LogP contribution < -0.4 is 0 Å². The molecule has 0 aromatic heterocycles. The van der Waals surface area contributed by atoms with E-state index in [-0.39, 0.29) is 12.0 Å². The third kappa shape index (κ3) is 2.30. The van der Waals surface area contributed by atoms with Crippen LogP contribution in [0.2, 0.25) is 0 Å². The molecule has 102 valence electrons. The van der Waals surface area contributed by atoms with E-state index in [0.717, 1.165) is 18.4 Å². The van der Waals surface area contributed by atoms with E-state index >= 15 is 0 Å². The molecule has 2 rings (SSSR count). The molecule has 1 aliphatic carbocycles. The van der Waals surface area contributed by atoms with E-state index in [4.69, 9.17) is 4.74 Å². The van der Waals surface area contributed by atoms with Crippen molar-refractivity contribution in [3.8, 4) is 0 Å². The second kappa shape index (κ2) is 5.57. The highest BCUT2D eigenvalue weighted by atomic mass is 16.5. The number of methoxy groups -OCH3 is 1. The quantitative estimate of drug-likeness (QED) is 0.616. The molecule has 0 spiro atoms.